The molecule has 9 aliphatic rings. The lowest BCUT2D eigenvalue weighted by atomic mass is 9.33. The van der Waals surface area contributed by atoms with Crippen LogP contribution in [0.25, 0.3) is 50.0 Å². The molecule has 2 unspecified atom stereocenters. The largest absolute Gasteiger partial charge is 0.457 e. The fourth-order valence-electron chi connectivity index (χ4n) is 15.4. The second kappa shape index (κ2) is 17.3. The highest BCUT2D eigenvalue weighted by atomic mass is 16.5. The lowest BCUT2D eigenvalue weighted by Crippen LogP contribution is -2.60. The zero-order valence-corrected chi connectivity index (χ0v) is 41.3. The van der Waals surface area contributed by atoms with Crippen LogP contribution < -0.4 is 9.30 Å². The molecule has 3 aromatic heterocycles. The van der Waals surface area contributed by atoms with Crippen LogP contribution in [0.15, 0.2) is 230 Å². The third kappa shape index (κ3) is 6.91. The number of allylic oxidation sites excluding steroid dienone is 17. The molecule has 2 aliphatic heterocycles. The molecule has 4 saturated carbocycles. The maximum Gasteiger partial charge on any atom is 0.316 e. The first-order chi connectivity index (χ1) is 36.2. The third-order valence-electron chi connectivity index (χ3n) is 18.2. The van der Waals surface area contributed by atoms with Crippen molar-refractivity contribution < 1.29 is 9.30 Å². The van der Waals surface area contributed by atoms with Gasteiger partial charge in [0.2, 0.25) is 0 Å². The van der Waals surface area contributed by atoms with Crippen LogP contribution in [0.3, 0.4) is 0 Å². The Morgan fingerprint density at radius 2 is 1.51 bits per heavy atom. The molecular weight excluding hydrogens is 890 g/mol. The molecule has 0 spiro atoms. The summed E-state index contributed by atoms with van der Waals surface area (Å²) in [5.41, 5.74) is 12.8. The van der Waals surface area contributed by atoms with Gasteiger partial charge in [-0.25, -0.2) is 4.98 Å². The van der Waals surface area contributed by atoms with Crippen LogP contribution in [0, 0.1) is 35.5 Å². The van der Waals surface area contributed by atoms with E-state index in [0.29, 0.717) is 17.8 Å². The van der Waals surface area contributed by atoms with E-state index >= 15 is 0 Å². The predicted octanol–water partition coefficient (Wildman–Crippen LogP) is 15.0. The van der Waals surface area contributed by atoms with Gasteiger partial charge in [0.05, 0.1) is 11.0 Å². The van der Waals surface area contributed by atoms with Gasteiger partial charge in [-0.15, -0.1) is 0 Å². The second-order valence-electron chi connectivity index (χ2n) is 22.0. The average molecular weight is 949 g/mol. The summed E-state index contributed by atoms with van der Waals surface area (Å²) < 4.78 is 14.2. The zero-order valence-electron chi connectivity index (χ0n) is 41.3. The monoisotopic (exact) mass is 948 g/mol. The Balaban J connectivity index is 0.818. The number of aromatic nitrogens is 4. The number of benzene rings is 4. The summed E-state index contributed by atoms with van der Waals surface area (Å²) in [5, 5.41) is 2.40. The van der Waals surface area contributed by atoms with Crippen LogP contribution in [0.1, 0.15) is 63.4 Å². The molecule has 0 saturated heterocycles. The molecule has 7 heteroatoms. The summed E-state index contributed by atoms with van der Waals surface area (Å²) in [7, 11) is 0. The molecule has 356 valence electrons. The number of hydrogen-bond acceptors (Lipinski definition) is 3. The van der Waals surface area contributed by atoms with E-state index in [0.717, 1.165) is 77.1 Å². The van der Waals surface area contributed by atoms with Gasteiger partial charge in [0.15, 0.2) is 11.0 Å². The summed E-state index contributed by atoms with van der Waals surface area (Å²) in [4.78, 5) is 7.68. The van der Waals surface area contributed by atoms with Gasteiger partial charge < -0.3 is 9.55 Å². The van der Waals surface area contributed by atoms with Crippen molar-refractivity contribution in [1.29, 1.82) is 0 Å². The highest BCUT2D eigenvalue weighted by Crippen LogP contribution is 2.66. The fourth-order valence-corrected chi connectivity index (χ4v) is 15.4. The number of hydrogen-bond donors (Lipinski definition) is 0. The smallest absolute Gasteiger partial charge is 0.316 e. The lowest BCUT2D eigenvalue weighted by Gasteiger charge is -2.63. The minimum atomic E-state index is -0.0559. The number of pyridine rings is 1. The van der Waals surface area contributed by atoms with Gasteiger partial charge in [0.25, 0.3) is 6.33 Å². The lowest BCUT2D eigenvalue weighted by molar-refractivity contribution is -0.558. The molecule has 16 rings (SSSR count). The van der Waals surface area contributed by atoms with Gasteiger partial charge in [-0.1, -0.05) is 115 Å². The summed E-state index contributed by atoms with van der Waals surface area (Å²) in [5.74, 6) is 8.50. The first kappa shape index (κ1) is 43.0. The first-order valence-corrected chi connectivity index (χ1v) is 27.1. The van der Waals surface area contributed by atoms with Crippen molar-refractivity contribution in [3.8, 4) is 23.0 Å². The molecule has 4 aromatic carbocycles. The zero-order chi connectivity index (χ0) is 48.0. The van der Waals surface area contributed by atoms with Crippen molar-refractivity contribution in [3.63, 3.8) is 0 Å². The Bertz CT molecular complexity index is 3700. The quantitative estimate of drug-likeness (QED) is 0.107. The molecule has 0 N–H and O–H groups in total. The summed E-state index contributed by atoms with van der Waals surface area (Å²) in [6.45, 7) is 0.225. The van der Waals surface area contributed by atoms with Crippen molar-refractivity contribution in [2.24, 2.45) is 35.5 Å². The van der Waals surface area contributed by atoms with E-state index in [-0.39, 0.29) is 18.2 Å². The fraction of sp³-hybridized carbons (Fsp3) is 0.242. The number of rotatable bonds is 9. The molecule has 5 heterocycles. The summed E-state index contributed by atoms with van der Waals surface area (Å²) in [6.07, 6.45) is 50.1. The van der Waals surface area contributed by atoms with Gasteiger partial charge in [0, 0.05) is 51.9 Å². The molecule has 7 aliphatic carbocycles. The van der Waals surface area contributed by atoms with Crippen LogP contribution in [0.2, 0.25) is 0 Å². The molecule has 0 amide bonds. The number of ether oxygens (including phenoxy) is 1. The van der Waals surface area contributed by atoms with E-state index in [1.807, 2.05) is 0 Å². The molecular formula is C66H59BN5O+. The molecule has 7 aromatic rings. The highest BCUT2D eigenvalue weighted by Gasteiger charge is 2.61. The Hall–Kier alpha value is -7.64. The molecule has 0 radical (unpaired) electrons. The molecule has 4 bridgehead atoms. The SMILES string of the molecule is C1=CCC(C2=C([n+]3cn(-c4cccc(Oc5ccc6c7ccccc7n(-c7cc(C8(C9=CC=CN%10C=CC=CB9%10)C9CC%10CC(C9)CC8C%10)ccn7)c6c5)c4)c4ccccc43)C(C3=CCCC=C3)CC=C2)C=C1. The second-order valence-corrected chi connectivity index (χ2v) is 22.0. The minimum absolute atomic E-state index is 0.0559. The molecule has 4 fully saturated rings. The normalized spacial score (nSPS) is 26.7. The van der Waals surface area contributed by atoms with Crippen LogP contribution in [-0.2, 0) is 5.41 Å². The highest BCUT2D eigenvalue weighted by molar-refractivity contribution is 6.70. The molecule has 6 nitrogen and oxygen atoms in total. The van der Waals surface area contributed by atoms with E-state index in [4.69, 9.17) is 9.72 Å². The maximum absolute atomic E-state index is 6.96. The van der Waals surface area contributed by atoms with Crippen molar-refractivity contribution >= 4 is 45.4 Å². The van der Waals surface area contributed by atoms with E-state index in [1.165, 1.54) is 70.8 Å². The van der Waals surface area contributed by atoms with Gasteiger partial charge in [-0.2, -0.15) is 9.13 Å². The Kier molecular flexibility index (Phi) is 10.2. The maximum atomic E-state index is 6.96. The molecule has 73 heavy (non-hydrogen) atoms. The number of imidazole rings is 1. The van der Waals surface area contributed by atoms with Gasteiger partial charge in [-0.3, -0.25) is 4.57 Å². The van der Waals surface area contributed by atoms with Gasteiger partial charge >= 0.3 is 6.85 Å². The summed E-state index contributed by atoms with van der Waals surface area (Å²) >= 11 is 0. The van der Waals surface area contributed by atoms with Crippen molar-refractivity contribution in [1.82, 2.24) is 18.9 Å². The van der Waals surface area contributed by atoms with Crippen LogP contribution in [-0.4, -0.2) is 25.8 Å². The predicted molar refractivity (Wildman–Crippen MR) is 297 cm³/mol. The average Bonchev–Trinajstić information content (AvgIpc) is 3.99. The number of para-hydroxylation sites is 3. The molecule has 2 atom stereocenters. The first-order valence-electron chi connectivity index (χ1n) is 27.1. The van der Waals surface area contributed by atoms with Gasteiger partial charge in [0.1, 0.15) is 28.7 Å². The third-order valence-corrected chi connectivity index (χ3v) is 18.2. The number of fused-ring (bicyclic) bond motifs is 5. The van der Waals surface area contributed by atoms with E-state index in [1.54, 1.807) is 5.47 Å². The Labute approximate surface area is 428 Å². The Morgan fingerprint density at radius 3 is 2.37 bits per heavy atom. The van der Waals surface area contributed by atoms with E-state index < -0.39 is 0 Å². The van der Waals surface area contributed by atoms with E-state index in [9.17, 15) is 0 Å². The van der Waals surface area contributed by atoms with Crippen molar-refractivity contribution in [3.05, 3.63) is 235 Å². The van der Waals surface area contributed by atoms with E-state index in [2.05, 4.69) is 232 Å². The van der Waals surface area contributed by atoms with Gasteiger partial charge in [-0.05, 0) is 172 Å². The Morgan fingerprint density at radius 1 is 0.671 bits per heavy atom. The summed E-state index contributed by atoms with van der Waals surface area (Å²) in [6, 6.07) is 37.7. The van der Waals surface area contributed by atoms with Crippen LogP contribution >= 0.6 is 0 Å². The van der Waals surface area contributed by atoms with Crippen molar-refractivity contribution in [2.75, 3.05) is 0 Å². The van der Waals surface area contributed by atoms with Crippen molar-refractivity contribution in [2.45, 2.75) is 63.2 Å². The van der Waals surface area contributed by atoms with Crippen LogP contribution in [0.4, 0.5) is 0 Å². The number of nitrogens with zero attached hydrogens (tertiary/aromatic N) is 5. The minimum Gasteiger partial charge on any atom is -0.457 e. The standard InChI is InChI=1S/C66H59BN5O/c1-3-16-47(17-4-1)55-23-14-24-56(48-18-5-2-6-19-48)65(55)71-44-70(60-26-9-10-27-61(60)71)52-20-13-21-53(42-52)73-54-29-30-58-57-22-7-8-25-59(57)72(62(58)43-54)64-41-49(31-33-68-64)66(50-37-45-36-46(39-50)40-51(66)38-45)63-28-15-35-69-34-12-11-32-67(63)69/h1,3-5,7-16,18-23,25-35,41-47,50-51,56H,2,6,17,24,36-40H2/q+1. The van der Waals surface area contributed by atoms with Crippen LogP contribution in [0.5, 0.6) is 11.5 Å². The topological polar surface area (TPSA) is 39.1 Å².